The number of hydrogen-bond donors (Lipinski definition) is 1. The van der Waals surface area contributed by atoms with E-state index in [2.05, 4.69) is 5.32 Å². The third-order valence-electron chi connectivity index (χ3n) is 3.69. The summed E-state index contributed by atoms with van der Waals surface area (Å²) in [5.74, 6) is 0.166. The van der Waals surface area contributed by atoms with Crippen molar-refractivity contribution in [3.8, 4) is 0 Å². The molecule has 0 radical (unpaired) electrons. The number of rotatable bonds is 3. The summed E-state index contributed by atoms with van der Waals surface area (Å²) in [6.45, 7) is 3.92. The van der Waals surface area contributed by atoms with Gasteiger partial charge in [0.15, 0.2) is 0 Å². The highest BCUT2D eigenvalue weighted by Crippen LogP contribution is 2.20. The fourth-order valence-electron chi connectivity index (χ4n) is 2.61. The number of nitrogens with zero attached hydrogens (tertiary/aromatic N) is 1. The van der Waals surface area contributed by atoms with E-state index in [4.69, 9.17) is 4.74 Å². The largest absolute Gasteiger partial charge is 0.368 e. The molecule has 1 aliphatic carbocycles. The minimum absolute atomic E-state index is 0. The SMILES string of the molecule is Cl.O=C(COC1CCCCC1)N1CCCNCC1. The fraction of sp³-hybridized carbons (Fsp3) is 0.923. The van der Waals surface area contributed by atoms with Gasteiger partial charge in [0, 0.05) is 19.6 Å². The molecule has 2 rings (SSSR count). The van der Waals surface area contributed by atoms with Crippen molar-refractivity contribution in [2.45, 2.75) is 44.6 Å². The molecule has 0 atom stereocenters. The Morgan fingerprint density at radius 2 is 1.89 bits per heavy atom. The van der Waals surface area contributed by atoms with E-state index in [-0.39, 0.29) is 24.9 Å². The summed E-state index contributed by atoms with van der Waals surface area (Å²) in [7, 11) is 0. The molecule has 0 bridgehead atoms. The maximum Gasteiger partial charge on any atom is 0.248 e. The molecule has 0 aromatic heterocycles. The van der Waals surface area contributed by atoms with E-state index in [1.165, 1.54) is 19.3 Å². The number of hydrogen-bond acceptors (Lipinski definition) is 3. The molecule has 2 fully saturated rings. The Bertz CT molecular complexity index is 237. The lowest BCUT2D eigenvalue weighted by Gasteiger charge is -2.24. The first-order chi connectivity index (χ1) is 8.36. The van der Waals surface area contributed by atoms with Crippen LogP contribution in [0.4, 0.5) is 0 Å². The smallest absolute Gasteiger partial charge is 0.248 e. The zero-order valence-corrected chi connectivity index (χ0v) is 11.8. The number of amides is 1. The highest BCUT2D eigenvalue weighted by molar-refractivity contribution is 5.85. The molecular weight excluding hydrogens is 252 g/mol. The molecule has 0 aromatic rings. The quantitative estimate of drug-likeness (QED) is 0.851. The zero-order chi connectivity index (χ0) is 11.9. The van der Waals surface area contributed by atoms with Crippen LogP contribution in [-0.4, -0.2) is 49.7 Å². The summed E-state index contributed by atoms with van der Waals surface area (Å²) in [6, 6.07) is 0. The molecule has 4 nitrogen and oxygen atoms in total. The number of carbonyl (C=O) groups excluding carboxylic acids is 1. The molecule has 5 heteroatoms. The number of ether oxygens (including phenoxy) is 1. The van der Waals surface area contributed by atoms with Gasteiger partial charge in [-0.25, -0.2) is 0 Å². The van der Waals surface area contributed by atoms with Gasteiger partial charge in [-0.15, -0.1) is 12.4 Å². The molecule has 1 saturated carbocycles. The zero-order valence-electron chi connectivity index (χ0n) is 11.0. The molecule has 0 aromatic carbocycles. The van der Waals surface area contributed by atoms with Crippen LogP contribution in [0, 0.1) is 0 Å². The van der Waals surface area contributed by atoms with E-state index >= 15 is 0 Å². The monoisotopic (exact) mass is 276 g/mol. The second kappa shape index (κ2) is 8.73. The van der Waals surface area contributed by atoms with Crippen LogP contribution in [0.25, 0.3) is 0 Å². The lowest BCUT2D eigenvalue weighted by atomic mass is 9.98. The van der Waals surface area contributed by atoms with Crippen molar-refractivity contribution in [1.82, 2.24) is 10.2 Å². The molecule has 0 unspecified atom stereocenters. The average molecular weight is 277 g/mol. The lowest BCUT2D eigenvalue weighted by molar-refractivity contribution is -0.138. The third-order valence-corrected chi connectivity index (χ3v) is 3.69. The Morgan fingerprint density at radius 3 is 2.67 bits per heavy atom. The molecule has 0 spiro atoms. The van der Waals surface area contributed by atoms with E-state index in [9.17, 15) is 4.79 Å². The summed E-state index contributed by atoms with van der Waals surface area (Å²) in [5.41, 5.74) is 0. The summed E-state index contributed by atoms with van der Waals surface area (Å²) < 4.78 is 5.73. The predicted octanol–water partition coefficient (Wildman–Crippen LogP) is 1.58. The van der Waals surface area contributed by atoms with Crippen molar-refractivity contribution >= 4 is 18.3 Å². The Morgan fingerprint density at radius 1 is 1.11 bits per heavy atom. The minimum atomic E-state index is 0. The van der Waals surface area contributed by atoms with Gasteiger partial charge in [0.25, 0.3) is 0 Å². The maximum atomic E-state index is 12.0. The van der Waals surface area contributed by atoms with Crippen molar-refractivity contribution in [3.63, 3.8) is 0 Å². The van der Waals surface area contributed by atoms with Crippen molar-refractivity contribution in [2.75, 3.05) is 32.8 Å². The van der Waals surface area contributed by atoms with Crippen molar-refractivity contribution in [2.24, 2.45) is 0 Å². The van der Waals surface area contributed by atoms with Crippen LogP contribution in [0.15, 0.2) is 0 Å². The first kappa shape index (κ1) is 15.7. The Kier molecular flexibility index (Phi) is 7.63. The highest BCUT2D eigenvalue weighted by Gasteiger charge is 2.19. The number of carbonyl (C=O) groups is 1. The number of halogens is 1. The van der Waals surface area contributed by atoms with Crippen LogP contribution >= 0.6 is 12.4 Å². The maximum absolute atomic E-state index is 12.0. The molecule has 1 saturated heterocycles. The van der Waals surface area contributed by atoms with Crippen molar-refractivity contribution in [3.05, 3.63) is 0 Å². The summed E-state index contributed by atoms with van der Waals surface area (Å²) in [6.07, 6.45) is 7.49. The van der Waals surface area contributed by atoms with Gasteiger partial charge in [-0.3, -0.25) is 4.79 Å². The molecule has 1 N–H and O–H groups in total. The molecule has 1 aliphatic heterocycles. The van der Waals surface area contributed by atoms with E-state index in [1.54, 1.807) is 0 Å². The van der Waals surface area contributed by atoms with Crippen LogP contribution in [0.5, 0.6) is 0 Å². The third kappa shape index (κ3) is 5.12. The first-order valence-electron chi connectivity index (χ1n) is 6.96. The standard InChI is InChI=1S/C13H24N2O2.ClH/c16-13(15-9-4-7-14-8-10-15)11-17-12-5-2-1-3-6-12;/h12,14H,1-11H2;1H. The van der Waals surface area contributed by atoms with Gasteiger partial charge in [-0.2, -0.15) is 0 Å². The van der Waals surface area contributed by atoms with E-state index in [0.29, 0.717) is 6.10 Å². The highest BCUT2D eigenvalue weighted by atomic mass is 35.5. The second-order valence-corrected chi connectivity index (χ2v) is 5.06. The Hall–Kier alpha value is -0.320. The van der Waals surface area contributed by atoms with Gasteiger partial charge in [0.2, 0.25) is 5.91 Å². The Labute approximate surface area is 116 Å². The van der Waals surface area contributed by atoms with Gasteiger partial charge in [-0.05, 0) is 25.8 Å². The summed E-state index contributed by atoms with van der Waals surface area (Å²) in [5, 5.41) is 3.30. The van der Waals surface area contributed by atoms with Crippen LogP contribution in [-0.2, 0) is 9.53 Å². The Balaban J connectivity index is 0.00000162. The van der Waals surface area contributed by atoms with Crippen LogP contribution in [0.1, 0.15) is 38.5 Å². The topological polar surface area (TPSA) is 41.6 Å². The normalized spacial score (nSPS) is 22.1. The molecule has 1 amide bonds. The second-order valence-electron chi connectivity index (χ2n) is 5.06. The summed E-state index contributed by atoms with van der Waals surface area (Å²) in [4.78, 5) is 13.9. The van der Waals surface area contributed by atoms with Gasteiger partial charge in [0.05, 0.1) is 6.10 Å². The number of nitrogens with one attached hydrogen (secondary N) is 1. The van der Waals surface area contributed by atoms with Gasteiger partial charge >= 0.3 is 0 Å². The molecule has 106 valence electrons. The van der Waals surface area contributed by atoms with Gasteiger partial charge in [0.1, 0.15) is 6.61 Å². The van der Waals surface area contributed by atoms with Crippen LogP contribution in [0.2, 0.25) is 0 Å². The van der Waals surface area contributed by atoms with Gasteiger partial charge in [-0.1, -0.05) is 19.3 Å². The fourth-order valence-corrected chi connectivity index (χ4v) is 2.61. The van der Waals surface area contributed by atoms with E-state index in [0.717, 1.165) is 45.4 Å². The lowest BCUT2D eigenvalue weighted by Crippen LogP contribution is -2.37. The van der Waals surface area contributed by atoms with E-state index in [1.807, 2.05) is 4.90 Å². The summed E-state index contributed by atoms with van der Waals surface area (Å²) >= 11 is 0. The van der Waals surface area contributed by atoms with Crippen LogP contribution < -0.4 is 5.32 Å². The molecule has 18 heavy (non-hydrogen) atoms. The molecule has 1 heterocycles. The van der Waals surface area contributed by atoms with E-state index < -0.39 is 0 Å². The van der Waals surface area contributed by atoms with Crippen molar-refractivity contribution in [1.29, 1.82) is 0 Å². The molecular formula is C13H25ClN2O2. The van der Waals surface area contributed by atoms with Crippen LogP contribution in [0.3, 0.4) is 0 Å². The predicted molar refractivity (Wildman–Crippen MR) is 74.1 cm³/mol. The minimum Gasteiger partial charge on any atom is -0.368 e. The molecule has 2 aliphatic rings. The first-order valence-corrected chi connectivity index (χ1v) is 6.96. The van der Waals surface area contributed by atoms with Gasteiger partial charge < -0.3 is 15.0 Å². The average Bonchev–Trinajstić information content (AvgIpc) is 2.66. The van der Waals surface area contributed by atoms with Crippen molar-refractivity contribution < 1.29 is 9.53 Å².